The molecule has 0 saturated heterocycles. The molecular weight excluding hydrogens is 171 g/mol. The largest absolute Gasteiger partial charge is 1.00 e. The Hall–Kier alpha value is 2.26. The second-order valence-electron chi connectivity index (χ2n) is 1.09. The Kier molecular flexibility index (Phi) is 11.9. The molecule has 5 heteroatoms. The Morgan fingerprint density at radius 3 is 1.38 bits per heavy atom. The fourth-order valence-corrected chi connectivity index (χ4v) is 1.72. The Balaban J connectivity index is 0. The molecule has 0 aliphatic heterocycles. The molecule has 2 atom stereocenters. The van der Waals surface area contributed by atoms with Gasteiger partial charge >= 0.3 is 51.4 Å². The summed E-state index contributed by atoms with van der Waals surface area (Å²) in [5.74, 6) is 0. The minimum atomic E-state index is -1.02. The van der Waals surface area contributed by atoms with E-state index >= 15 is 0 Å². The fourth-order valence-electron chi connectivity index (χ4n) is 0.191. The summed E-state index contributed by atoms with van der Waals surface area (Å²) in [5.41, 5.74) is 0. The first-order valence-electron chi connectivity index (χ1n) is 1.62. The third kappa shape index (κ3) is 11.1. The molecular formula is C3H7KO2S2. The van der Waals surface area contributed by atoms with Crippen molar-refractivity contribution in [3.63, 3.8) is 0 Å². The van der Waals surface area contributed by atoms with Gasteiger partial charge < -0.3 is 9.11 Å². The fraction of sp³-hybridized carbons (Fsp3) is 0.667. The summed E-state index contributed by atoms with van der Waals surface area (Å²) < 4.78 is 20.2. The van der Waals surface area contributed by atoms with Gasteiger partial charge in [0.05, 0.1) is 17.6 Å². The number of rotatable bonds is 2. The molecule has 0 aromatic rings. The Morgan fingerprint density at radius 2 is 1.38 bits per heavy atom. The summed E-state index contributed by atoms with van der Waals surface area (Å²) in [6.07, 6.45) is 2.98. The van der Waals surface area contributed by atoms with E-state index in [2.05, 4.69) is 0 Å². The summed E-state index contributed by atoms with van der Waals surface area (Å²) >= 11 is -2.04. The van der Waals surface area contributed by atoms with Crippen LogP contribution in [0, 0.1) is 5.08 Å². The maximum absolute atomic E-state index is 10.1. The van der Waals surface area contributed by atoms with Gasteiger partial charge in [-0.25, -0.2) is 0 Å². The van der Waals surface area contributed by atoms with E-state index in [0.29, 0.717) is 0 Å². The van der Waals surface area contributed by atoms with Crippen LogP contribution in [-0.4, -0.2) is 21.6 Å². The van der Waals surface area contributed by atoms with Crippen molar-refractivity contribution in [1.29, 1.82) is 0 Å². The first-order valence-corrected chi connectivity index (χ1v) is 4.86. The van der Waals surface area contributed by atoms with Crippen LogP contribution in [0.1, 0.15) is 0 Å². The minimum absolute atomic E-state index is 0. The molecule has 0 fully saturated rings. The van der Waals surface area contributed by atoms with E-state index in [-0.39, 0.29) is 51.4 Å². The number of hydrogen-bond donors (Lipinski definition) is 0. The Morgan fingerprint density at radius 1 is 1.12 bits per heavy atom. The van der Waals surface area contributed by atoms with Crippen molar-refractivity contribution in [3.8, 4) is 0 Å². The second-order valence-corrected chi connectivity index (χ2v) is 3.86. The predicted molar refractivity (Wildman–Crippen MR) is 32.4 cm³/mol. The zero-order chi connectivity index (χ0) is 5.86. The third-order valence-electron chi connectivity index (χ3n) is 0.271. The van der Waals surface area contributed by atoms with E-state index in [1.54, 1.807) is 0 Å². The average molecular weight is 178 g/mol. The van der Waals surface area contributed by atoms with Crippen LogP contribution in [0.15, 0.2) is 0 Å². The average Bonchev–Trinajstić information content (AvgIpc) is 1.27. The van der Waals surface area contributed by atoms with E-state index < -0.39 is 22.4 Å². The van der Waals surface area contributed by atoms with Crippen LogP contribution in [-0.2, 0) is 22.4 Å². The molecule has 0 spiro atoms. The Bertz CT molecular complexity index is 44.5. The van der Waals surface area contributed by atoms with Crippen LogP contribution in [0.4, 0.5) is 0 Å². The van der Waals surface area contributed by atoms with Gasteiger partial charge in [-0.1, -0.05) is 0 Å². The number of hydrogen-bond acceptors (Lipinski definition) is 2. The zero-order valence-corrected chi connectivity index (χ0v) is 9.97. The van der Waals surface area contributed by atoms with Gasteiger partial charge in [0.1, 0.15) is 0 Å². The van der Waals surface area contributed by atoms with Crippen LogP contribution >= 0.6 is 0 Å². The summed E-state index contributed by atoms with van der Waals surface area (Å²) in [7, 11) is 0. The maximum Gasteiger partial charge on any atom is 1.00 e. The topological polar surface area (TPSA) is 46.1 Å². The van der Waals surface area contributed by atoms with E-state index in [4.69, 9.17) is 0 Å². The van der Waals surface area contributed by atoms with Crippen LogP contribution < -0.4 is 51.4 Å². The monoisotopic (exact) mass is 178 g/mol. The van der Waals surface area contributed by atoms with Gasteiger partial charge in [-0.3, -0.25) is 0 Å². The van der Waals surface area contributed by atoms with Crippen molar-refractivity contribution in [2.24, 2.45) is 0 Å². The van der Waals surface area contributed by atoms with Crippen LogP contribution in [0.5, 0.6) is 0 Å². The molecule has 0 aliphatic carbocycles. The molecule has 0 radical (unpaired) electrons. The zero-order valence-electron chi connectivity index (χ0n) is 5.21. The van der Waals surface area contributed by atoms with Gasteiger partial charge in [0.25, 0.3) is 0 Å². The molecule has 0 aromatic heterocycles. The van der Waals surface area contributed by atoms with Gasteiger partial charge in [-0.15, -0.1) is 0 Å². The molecule has 0 saturated carbocycles. The first kappa shape index (κ1) is 12.9. The Labute approximate surface area is 98.6 Å². The summed E-state index contributed by atoms with van der Waals surface area (Å²) in [6, 6.07) is 0. The molecule has 0 aromatic carbocycles. The van der Waals surface area contributed by atoms with Gasteiger partial charge in [0, 0.05) is 0 Å². The van der Waals surface area contributed by atoms with E-state index in [0.717, 1.165) is 0 Å². The standard InChI is InChI=1S/C3H7O2S2.K/c1-6(4)3-7(2)5;/h3H,1-2H3;/q-1;+1. The molecule has 8 heavy (non-hydrogen) atoms. The molecule has 44 valence electrons. The van der Waals surface area contributed by atoms with Crippen molar-refractivity contribution < 1.29 is 60.5 Å². The van der Waals surface area contributed by atoms with Crippen molar-refractivity contribution in [2.75, 3.05) is 12.5 Å². The van der Waals surface area contributed by atoms with Crippen molar-refractivity contribution in [1.82, 2.24) is 0 Å². The van der Waals surface area contributed by atoms with Gasteiger partial charge in [-0.05, 0) is 0 Å². The molecule has 0 heterocycles. The van der Waals surface area contributed by atoms with E-state index in [1.165, 1.54) is 17.6 Å². The summed E-state index contributed by atoms with van der Waals surface area (Å²) in [5, 5.41) is 1.28. The second kappa shape index (κ2) is 7.36. The van der Waals surface area contributed by atoms with Crippen molar-refractivity contribution in [2.45, 2.75) is 0 Å². The molecule has 2 unspecified atom stereocenters. The quantitative estimate of drug-likeness (QED) is 0.255. The predicted octanol–water partition coefficient (Wildman–Crippen LogP) is -3.13. The molecule has 0 amide bonds. The smallest absolute Gasteiger partial charge is 0.640 e. The molecule has 0 rings (SSSR count). The molecule has 0 aliphatic rings. The van der Waals surface area contributed by atoms with Crippen molar-refractivity contribution in [3.05, 3.63) is 5.08 Å². The summed E-state index contributed by atoms with van der Waals surface area (Å²) in [6.45, 7) is 0. The third-order valence-corrected chi connectivity index (χ3v) is 2.44. The van der Waals surface area contributed by atoms with Gasteiger partial charge in [0.2, 0.25) is 0 Å². The maximum atomic E-state index is 10.1. The van der Waals surface area contributed by atoms with E-state index in [9.17, 15) is 9.11 Å². The van der Waals surface area contributed by atoms with Gasteiger partial charge in [-0.2, -0.15) is 22.4 Å². The van der Waals surface area contributed by atoms with Crippen LogP contribution in [0.2, 0.25) is 0 Å². The minimum Gasteiger partial charge on any atom is -0.640 e. The SMILES string of the molecule is C[S+]([O-])[CH-][S+](C)[O-].[K+]. The first-order chi connectivity index (χ1) is 3.13. The normalized spacial score (nSPS) is 16.5. The molecule has 2 nitrogen and oxygen atoms in total. The van der Waals surface area contributed by atoms with E-state index in [1.807, 2.05) is 0 Å². The molecule has 0 N–H and O–H groups in total. The molecule has 0 bridgehead atoms. The van der Waals surface area contributed by atoms with Crippen LogP contribution in [0.3, 0.4) is 0 Å². The summed E-state index contributed by atoms with van der Waals surface area (Å²) in [4.78, 5) is 0. The van der Waals surface area contributed by atoms with Gasteiger partial charge in [0.15, 0.2) is 0 Å². The van der Waals surface area contributed by atoms with Crippen LogP contribution in [0.25, 0.3) is 0 Å². The van der Waals surface area contributed by atoms with Crippen molar-refractivity contribution >= 4 is 22.4 Å².